The first-order valence-electron chi connectivity index (χ1n) is 9.96. The lowest BCUT2D eigenvalue weighted by Crippen LogP contribution is -2.38. The molecule has 5 nitrogen and oxygen atoms in total. The van der Waals surface area contributed by atoms with Crippen LogP contribution in [0.4, 0.5) is 0 Å². The van der Waals surface area contributed by atoms with Gasteiger partial charge in [-0.05, 0) is 6.42 Å². The minimum absolute atomic E-state index is 0.144. The Morgan fingerprint density at radius 1 is 0.714 bits per heavy atom. The summed E-state index contributed by atoms with van der Waals surface area (Å²) in [5.74, 6) is -0.976. The van der Waals surface area contributed by atoms with Gasteiger partial charge in [0.05, 0.1) is 0 Å². The molecule has 0 aromatic heterocycles. The van der Waals surface area contributed by atoms with Crippen molar-refractivity contribution >= 4 is 0 Å². The normalized spacial score (nSPS) is 45.5. The van der Waals surface area contributed by atoms with Gasteiger partial charge in [-0.25, -0.2) is 0 Å². The highest BCUT2D eigenvalue weighted by Crippen LogP contribution is 2.74. The Hall–Kier alpha value is -1.76. The number of benzene rings is 2. The Balaban J connectivity index is 1.56. The largest absolute Gasteiger partial charge is 0.355 e. The number of hydrogen-bond acceptors (Lipinski definition) is 5. The minimum Gasteiger partial charge on any atom is -0.355 e. The molecule has 8 atom stereocenters. The van der Waals surface area contributed by atoms with E-state index in [1.54, 1.807) is 14.2 Å². The van der Waals surface area contributed by atoms with Gasteiger partial charge in [-0.2, -0.15) is 0 Å². The molecule has 3 heterocycles. The Labute approximate surface area is 164 Å². The molecule has 1 aliphatic carbocycles. The zero-order valence-corrected chi connectivity index (χ0v) is 16.0. The first-order chi connectivity index (χ1) is 13.7. The molecule has 5 heteroatoms. The number of hydrogen-bond donors (Lipinski definition) is 0. The van der Waals surface area contributed by atoms with E-state index in [-0.39, 0.29) is 36.3 Å². The first-order valence-corrected chi connectivity index (χ1v) is 9.96. The molecular weight excluding hydrogens is 356 g/mol. The van der Waals surface area contributed by atoms with Crippen LogP contribution in [-0.4, -0.2) is 26.8 Å². The molecule has 0 amide bonds. The zero-order chi connectivity index (χ0) is 18.9. The van der Waals surface area contributed by atoms with Crippen molar-refractivity contribution in [1.29, 1.82) is 0 Å². The highest BCUT2D eigenvalue weighted by Gasteiger charge is 2.80. The summed E-state index contributed by atoms with van der Waals surface area (Å²) in [4.78, 5) is 0. The van der Waals surface area contributed by atoms with Crippen molar-refractivity contribution in [1.82, 2.24) is 0 Å². The summed E-state index contributed by atoms with van der Waals surface area (Å²) in [6, 6.07) is 20.5. The molecule has 3 saturated heterocycles. The Kier molecular flexibility index (Phi) is 3.59. The lowest BCUT2D eigenvalue weighted by atomic mass is 9.78. The van der Waals surface area contributed by atoms with Gasteiger partial charge in [-0.3, -0.25) is 0 Å². The fraction of sp³-hybridized carbons (Fsp3) is 0.478. The highest BCUT2D eigenvalue weighted by atomic mass is 16.9. The van der Waals surface area contributed by atoms with Crippen LogP contribution in [0.25, 0.3) is 0 Å². The second kappa shape index (κ2) is 5.88. The van der Waals surface area contributed by atoms with Gasteiger partial charge in [0.15, 0.2) is 12.6 Å². The summed E-state index contributed by atoms with van der Waals surface area (Å²) >= 11 is 0. The third kappa shape index (κ3) is 1.94. The van der Waals surface area contributed by atoms with Crippen LogP contribution in [0, 0.1) is 23.7 Å². The molecular formula is C23H24O5. The van der Waals surface area contributed by atoms with Gasteiger partial charge >= 0.3 is 0 Å². The van der Waals surface area contributed by atoms with E-state index in [0.29, 0.717) is 0 Å². The van der Waals surface area contributed by atoms with Crippen molar-refractivity contribution in [3.05, 3.63) is 71.8 Å². The lowest BCUT2D eigenvalue weighted by molar-refractivity contribution is -0.369. The predicted octanol–water partition coefficient (Wildman–Crippen LogP) is 3.60. The van der Waals surface area contributed by atoms with Gasteiger partial charge in [0.2, 0.25) is 11.6 Å². The van der Waals surface area contributed by atoms with E-state index in [9.17, 15) is 0 Å². The molecule has 146 valence electrons. The van der Waals surface area contributed by atoms with E-state index in [2.05, 4.69) is 24.3 Å². The van der Waals surface area contributed by atoms with Crippen molar-refractivity contribution in [2.75, 3.05) is 14.2 Å². The van der Waals surface area contributed by atoms with E-state index in [1.165, 1.54) is 0 Å². The van der Waals surface area contributed by atoms with Crippen molar-refractivity contribution < 1.29 is 23.7 Å². The molecule has 6 rings (SSSR count). The Morgan fingerprint density at radius 3 is 1.54 bits per heavy atom. The van der Waals surface area contributed by atoms with Crippen LogP contribution in [0.3, 0.4) is 0 Å². The predicted molar refractivity (Wildman–Crippen MR) is 99.7 cm³/mol. The van der Waals surface area contributed by atoms with E-state index in [4.69, 9.17) is 23.7 Å². The smallest absolute Gasteiger partial charge is 0.204 e. The third-order valence-electron chi connectivity index (χ3n) is 7.13. The van der Waals surface area contributed by atoms with Crippen LogP contribution in [0.15, 0.2) is 60.7 Å². The van der Waals surface area contributed by atoms with Gasteiger partial charge in [0.25, 0.3) is 0 Å². The van der Waals surface area contributed by atoms with E-state index in [1.807, 2.05) is 36.4 Å². The first kappa shape index (κ1) is 17.1. The van der Waals surface area contributed by atoms with Crippen molar-refractivity contribution in [3.8, 4) is 0 Å². The molecule has 0 spiro atoms. The summed E-state index contributed by atoms with van der Waals surface area (Å²) in [5.41, 5.74) is 2.04. The van der Waals surface area contributed by atoms with E-state index >= 15 is 0 Å². The number of rotatable bonds is 4. The van der Waals surface area contributed by atoms with Crippen molar-refractivity contribution in [2.45, 2.75) is 30.6 Å². The Morgan fingerprint density at radius 2 is 1.14 bits per heavy atom. The minimum atomic E-state index is -0.874. The van der Waals surface area contributed by atoms with Gasteiger partial charge in [-0.1, -0.05) is 60.7 Å². The van der Waals surface area contributed by atoms with Crippen molar-refractivity contribution in [2.24, 2.45) is 23.7 Å². The SMILES string of the molecule is COC1OC2(c3ccccc3)OC3(c4ccccc4)OC(OC)C4CC1C2C43. The molecule has 0 radical (unpaired) electrons. The van der Waals surface area contributed by atoms with E-state index < -0.39 is 11.6 Å². The molecule has 3 aliphatic heterocycles. The monoisotopic (exact) mass is 380 g/mol. The van der Waals surface area contributed by atoms with Crippen LogP contribution >= 0.6 is 0 Å². The van der Waals surface area contributed by atoms with Crippen LogP contribution < -0.4 is 0 Å². The van der Waals surface area contributed by atoms with Gasteiger partial charge in [0, 0.05) is 49.0 Å². The summed E-state index contributed by atoms with van der Waals surface area (Å²) in [6.45, 7) is 0. The maximum absolute atomic E-state index is 6.92. The number of ether oxygens (including phenoxy) is 5. The quantitative estimate of drug-likeness (QED) is 0.811. The summed E-state index contributed by atoms with van der Waals surface area (Å²) in [7, 11) is 3.43. The van der Waals surface area contributed by atoms with Crippen LogP contribution in [0.1, 0.15) is 17.5 Å². The molecule has 8 unspecified atom stereocenters. The topological polar surface area (TPSA) is 46.2 Å². The zero-order valence-electron chi connectivity index (χ0n) is 16.0. The average Bonchev–Trinajstić information content (AvgIpc) is 3.45. The third-order valence-corrected chi connectivity index (χ3v) is 7.13. The summed E-state index contributed by atoms with van der Waals surface area (Å²) < 4.78 is 31.5. The fourth-order valence-electron chi connectivity index (χ4n) is 6.25. The van der Waals surface area contributed by atoms with Crippen LogP contribution in [-0.2, 0) is 35.3 Å². The molecule has 28 heavy (non-hydrogen) atoms. The molecule has 0 bridgehead atoms. The molecule has 2 aromatic rings. The second-order valence-corrected chi connectivity index (χ2v) is 8.23. The van der Waals surface area contributed by atoms with Crippen LogP contribution in [0.5, 0.6) is 0 Å². The number of methoxy groups -OCH3 is 2. The summed E-state index contributed by atoms with van der Waals surface area (Å²) in [5, 5.41) is 0. The molecule has 1 saturated carbocycles. The molecule has 2 aromatic carbocycles. The van der Waals surface area contributed by atoms with Crippen molar-refractivity contribution in [3.63, 3.8) is 0 Å². The van der Waals surface area contributed by atoms with Crippen LogP contribution in [0.2, 0.25) is 0 Å². The highest BCUT2D eigenvalue weighted by molar-refractivity contribution is 5.34. The standard InChI is InChI=1S/C23H24O5/c1-24-20-16-13-17-19-18(16)22(26-20,14-9-5-3-6-10-14)28-23(19,27-21(17)25-2)15-11-7-4-8-12-15/h3-12,16-21H,13H2,1-2H3. The maximum Gasteiger partial charge on any atom is 0.204 e. The van der Waals surface area contributed by atoms with Gasteiger partial charge < -0.3 is 23.7 Å². The van der Waals surface area contributed by atoms with Gasteiger partial charge in [0.1, 0.15) is 0 Å². The maximum atomic E-state index is 6.92. The molecule has 4 fully saturated rings. The average molecular weight is 380 g/mol. The molecule has 4 aliphatic rings. The lowest BCUT2D eigenvalue weighted by Gasteiger charge is -2.35. The molecule has 0 N–H and O–H groups in total. The summed E-state index contributed by atoms with van der Waals surface area (Å²) in [6.07, 6.45) is 0.364. The fourth-order valence-corrected chi connectivity index (χ4v) is 6.25. The van der Waals surface area contributed by atoms with E-state index in [0.717, 1.165) is 17.5 Å². The van der Waals surface area contributed by atoms with Gasteiger partial charge in [-0.15, -0.1) is 0 Å². The second-order valence-electron chi connectivity index (χ2n) is 8.23. The Bertz CT molecular complexity index is 802.